The second-order valence-electron chi connectivity index (χ2n) is 5.59. The first-order chi connectivity index (χ1) is 11.8. The molecule has 0 fully saturated rings. The van der Waals surface area contributed by atoms with E-state index in [0.29, 0.717) is 17.5 Å². The molecule has 1 atom stereocenters. The van der Waals surface area contributed by atoms with Crippen molar-refractivity contribution in [1.82, 2.24) is 14.9 Å². The summed E-state index contributed by atoms with van der Waals surface area (Å²) in [7, 11) is -3.73. The van der Waals surface area contributed by atoms with Crippen molar-refractivity contribution in [2.45, 2.75) is 23.1 Å². The summed E-state index contributed by atoms with van der Waals surface area (Å²) in [4.78, 5) is 28.3. The van der Waals surface area contributed by atoms with Gasteiger partial charge in [-0.1, -0.05) is 23.9 Å². The van der Waals surface area contributed by atoms with Gasteiger partial charge in [-0.2, -0.15) is 0 Å². The van der Waals surface area contributed by atoms with Crippen LogP contribution in [0.1, 0.15) is 5.56 Å². The summed E-state index contributed by atoms with van der Waals surface area (Å²) >= 11 is 1.38. The topological polar surface area (TPSA) is 124 Å². The molecule has 2 heterocycles. The molecule has 3 rings (SSSR count). The number of nitrogens with one attached hydrogen (secondary N) is 1. The van der Waals surface area contributed by atoms with Crippen molar-refractivity contribution in [1.29, 1.82) is 0 Å². The molecule has 1 aromatic carbocycles. The number of benzene rings is 1. The second kappa shape index (κ2) is 6.98. The number of hydrogen-bond donors (Lipinski definition) is 2. The molecule has 1 unspecified atom stereocenters. The predicted molar refractivity (Wildman–Crippen MR) is 92.4 cm³/mol. The van der Waals surface area contributed by atoms with E-state index >= 15 is 0 Å². The summed E-state index contributed by atoms with van der Waals surface area (Å²) in [6, 6.07) is 7.36. The largest absolute Gasteiger partial charge is 0.352 e. The summed E-state index contributed by atoms with van der Waals surface area (Å²) in [5, 5.41) is 8.47. The fraction of sp³-hybridized carbons (Fsp3) is 0.267. The van der Waals surface area contributed by atoms with Crippen LogP contribution < -0.4 is 16.0 Å². The molecule has 1 aliphatic heterocycles. The van der Waals surface area contributed by atoms with Crippen LogP contribution in [0.5, 0.6) is 0 Å². The molecule has 10 heteroatoms. The van der Waals surface area contributed by atoms with Crippen molar-refractivity contribution < 1.29 is 13.2 Å². The maximum absolute atomic E-state index is 12.3. The van der Waals surface area contributed by atoms with E-state index in [0.717, 1.165) is 5.56 Å². The van der Waals surface area contributed by atoms with Gasteiger partial charge in [0.25, 0.3) is 5.56 Å². The number of fused-ring (bicyclic) bond motifs is 1. The number of rotatable bonds is 4. The SMILES string of the molecule is NS(=O)(=O)c1ccc(CNC(=O)C2CSc3nccc(=O)n3C2)cc1. The van der Waals surface area contributed by atoms with Crippen molar-refractivity contribution >= 4 is 27.7 Å². The lowest BCUT2D eigenvalue weighted by molar-refractivity contribution is -0.125. The van der Waals surface area contributed by atoms with Crippen molar-refractivity contribution in [3.63, 3.8) is 0 Å². The van der Waals surface area contributed by atoms with Gasteiger partial charge < -0.3 is 5.32 Å². The van der Waals surface area contributed by atoms with Gasteiger partial charge in [0.2, 0.25) is 15.9 Å². The Bertz CT molecular complexity index is 954. The minimum atomic E-state index is -3.73. The average molecular weight is 380 g/mol. The van der Waals surface area contributed by atoms with Crippen LogP contribution in [0.25, 0.3) is 0 Å². The summed E-state index contributed by atoms with van der Waals surface area (Å²) in [5.41, 5.74) is 0.581. The van der Waals surface area contributed by atoms with Crippen LogP contribution in [0.3, 0.4) is 0 Å². The monoisotopic (exact) mass is 380 g/mol. The molecule has 8 nitrogen and oxygen atoms in total. The second-order valence-corrected chi connectivity index (χ2v) is 8.14. The summed E-state index contributed by atoms with van der Waals surface area (Å²) in [6.45, 7) is 0.560. The summed E-state index contributed by atoms with van der Waals surface area (Å²) < 4.78 is 23.9. The van der Waals surface area contributed by atoms with Gasteiger partial charge in [-0.05, 0) is 17.7 Å². The molecule has 0 saturated heterocycles. The molecule has 1 aliphatic rings. The van der Waals surface area contributed by atoms with Crippen LogP contribution in [-0.4, -0.2) is 29.6 Å². The van der Waals surface area contributed by atoms with E-state index in [1.165, 1.54) is 40.7 Å². The third-order valence-corrected chi connectivity index (χ3v) is 5.89. The zero-order valence-corrected chi connectivity index (χ0v) is 14.7. The molecule has 25 heavy (non-hydrogen) atoms. The molecule has 0 aliphatic carbocycles. The Morgan fingerprint density at radius 3 is 2.72 bits per heavy atom. The zero-order chi connectivity index (χ0) is 18.0. The number of amides is 1. The molecule has 0 bridgehead atoms. The van der Waals surface area contributed by atoms with E-state index in [1.807, 2.05) is 0 Å². The highest BCUT2D eigenvalue weighted by Crippen LogP contribution is 2.24. The van der Waals surface area contributed by atoms with E-state index in [2.05, 4.69) is 10.3 Å². The van der Waals surface area contributed by atoms with Crippen LogP contribution in [0.4, 0.5) is 0 Å². The lowest BCUT2D eigenvalue weighted by Crippen LogP contribution is -2.39. The van der Waals surface area contributed by atoms with Gasteiger partial charge in [-0.3, -0.25) is 14.2 Å². The van der Waals surface area contributed by atoms with Gasteiger partial charge in [0.15, 0.2) is 5.16 Å². The molecule has 3 N–H and O–H groups in total. The standard InChI is InChI=1S/C15H16N4O4S2/c16-25(22,23)12-3-1-10(2-4-12)7-18-14(21)11-8-19-13(20)5-6-17-15(19)24-9-11/h1-6,11H,7-9H2,(H,18,21)(H2,16,22,23). The first-order valence-corrected chi connectivity index (χ1v) is 9.96. The van der Waals surface area contributed by atoms with Crippen LogP contribution >= 0.6 is 11.8 Å². The molecule has 0 saturated carbocycles. The van der Waals surface area contributed by atoms with Crippen LogP contribution in [0, 0.1) is 5.92 Å². The normalized spacial score (nSPS) is 16.9. The third-order valence-electron chi connectivity index (χ3n) is 3.81. The highest BCUT2D eigenvalue weighted by molar-refractivity contribution is 7.99. The minimum absolute atomic E-state index is 0.0229. The number of aromatic nitrogens is 2. The molecule has 0 spiro atoms. The maximum Gasteiger partial charge on any atom is 0.254 e. The molecular formula is C15H16N4O4S2. The molecule has 2 aromatic rings. The van der Waals surface area contributed by atoms with Gasteiger partial charge in [-0.25, -0.2) is 18.5 Å². The third kappa shape index (κ3) is 4.09. The lowest BCUT2D eigenvalue weighted by atomic mass is 10.1. The van der Waals surface area contributed by atoms with E-state index in [9.17, 15) is 18.0 Å². The minimum Gasteiger partial charge on any atom is -0.352 e. The Labute approximate surface area is 148 Å². The Morgan fingerprint density at radius 2 is 2.04 bits per heavy atom. The summed E-state index contributed by atoms with van der Waals surface area (Å²) in [6.07, 6.45) is 1.47. The Balaban J connectivity index is 1.62. The molecule has 0 radical (unpaired) electrons. The number of carbonyl (C=O) groups excluding carboxylic acids is 1. The van der Waals surface area contributed by atoms with E-state index in [-0.39, 0.29) is 28.8 Å². The first kappa shape index (κ1) is 17.6. The summed E-state index contributed by atoms with van der Waals surface area (Å²) in [5.74, 6) is 0.0552. The number of nitrogens with zero attached hydrogens (tertiary/aromatic N) is 2. The molecule has 1 amide bonds. The quantitative estimate of drug-likeness (QED) is 0.716. The van der Waals surface area contributed by atoms with Gasteiger partial charge in [-0.15, -0.1) is 0 Å². The van der Waals surface area contributed by atoms with Crippen molar-refractivity contribution in [3.8, 4) is 0 Å². The van der Waals surface area contributed by atoms with Gasteiger partial charge in [0.05, 0.1) is 10.8 Å². The van der Waals surface area contributed by atoms with Crippen LogP contribution in [0.2, 0.25) is 0 Å². The maximum atomic E-state index is 12.3. The van der Waals surface area contributed by atoms with Crippen LogP contribution in [0.15, 0.2) is 51.4 Å². The number of nitrogens with two attached hydrogens (primary N) is 1. The molecule has 1 aromatic heterocycles. The van der Waals surface area contributed by atoms with E-state index < -0.39 is 10.0 Å². The number of hydrogen-bond acceptors (Lipinski definition) is 6. The lowest BCUT2D eigenvalue weighted by Gasteiger charge is -2.23. The number of primary sulfonamides is 1. The highest BCUT2D eigenvalue weighted by Gasteiger charge is 2.26. The molecular weight excluding hydrogens is 364 g/mol. The van der Waals surface area contributed by atoms with Gasteiger partial charge >= 0.3 is 0 Å². The van der Waals surface area contributed by atoms with Crippen LogP contribution in [-0.2, 0) is 27.9 Å². The predicted octanol–water partition coefficient (Wildman–Crippen LogP) is -0.0710. The van der Waals surface area contributed by atoms with Gasteiger partial charge in [0.1, 0.15) is 0 Å². The Kier molecular flexibility index (Phi) is 4.93. The molecule has 132 valence electrons. The van der Waals surface area contributed by atoms with Gasteiger partial charge in [0, 0.05) is 31.1 Å². The number of sulfonamides is 1. The number of thioether (sulfide) groups is 1. The fourth-order valence-electron chi connectivity index (χ4n) is 2.44. The Hall–Kier alpha value is -2.17. The smallest absolute Gasteiger partial charge is 0.254 e. The first-order valence-electron chi connectivity index (χ1n) is 7.43. The van der Waals surface area contributed by atoms with Crippen molar-refractivity contribution in [3.05, 3.63) is 52.4 Å². The fourth-order valence-corrected chi connectivity index (χ4v) is 4.02. The Morgan fingerprint density at radius 1 is 1.32 bits per heavy atom. The van der Waals surface area contributed by atoms with Crippen molar-refractivity contribution in [2.75, 3.05) is 5.75 Å². The van der Waals surface area contributed by atoms with E-state index in [1.54, 1.807) is 12.1 Å². The number of carbonyl (C=O) groups is 1. The highest BCUT2D eigenvalue weighted by atomic mass is 32.2. The average Bonchev–Trinajstić information content (AvgIpc) is 2.59. The zero-order valence-electron chi connectivity index (χ0n) is 13.1. The van der Waals surface area contributed by atoms with E-state index in [4.69, 9.17) is 5.14 Å². The van der Waals surface area contributed by atoms with Crippen molar-refractivity contribution in [2.24, 2.45) is 11.1 Å².